The van der Waals surface area contributed by atoms with Crippen LogP contribution >= 0.6 is 0 Å². The quantitative estimate of drug-likeness (QED) is 0.185. The molecule has 2 rings (SSSR count). The first-order valence-corrected chi connectivity index (χ1v) is 9.15. The highest BCUT2D eigenvalue weighted by atomic mass is 19.4. The van der Waals surface area contributed by atoms with Crippen molar-refractivity contribution in [2.45, 2.75) is 25.6 Å². The van der Waals surface area contributed by atoms with Crippen LogP contribution in [0.3, 0.4) is 0 Å². The molecule has 0 aliphatic heterocycles. The van der Waals surface area contributed by atoms with E-state index in [1.807, 2.05) is 0 Å². The van der Waals surface area contributed by atoms with E-state index in [9.17, 15) is 18.0 Å². The van der Waals surface area contributed by atoms with Crippen molar-refractivity contribution in [3.8, 4) is 11.5 Å². The second kappa shape index (κ2) is 11.6. The van der Waals surface area contributed by atoms with Gasteiger partial charge < -0.3 is 14.2 Å². The summed E-state index contributed by atoms with van der Waals surface area (Å²) in [5.74, 6) is -0.0580. The molecule has 0 radical (unpaired) electrons. The molecule has 2 aromatic carbocycles. The summed E-state index contributed by atoms with van der Waals surface area (Å²) in [7, 11) is 0. The summed E-state index contributed by atoms with van der Waals surface area (Å²) in [4.78, 5) is 10.9. The van der Waals surface area contributed by atoms with E-state index in [4.69, 9.17) is 9.47 Å². The number of hydrogen-bond acceptors (Lipinski definition) is 6. The smallest absolute Gasteiger partial charge is 0.494 e. The van der Waals surface area contributed by atoms with Crippen molar-refractivity contribution in [3.05, 3.63) is 61.2 Å². The van der Waals surface area contributed by atoms with E-state index >= 15 is 0 Å². The molecule has 2 aromatic rings. The van der Waals surface area contributed by atoms with Crippen LogP contribution in [0.15, 0.2) is 71.4 Å². The summed E-state index contributed by atoms with van der Waals surface area (Å²) in [6, 6.07) is 12.0. The number of ether oxygens (including phenoxy) is 3. The topological polar surface area (TPSA) is 69.5 Å². The fraction of sp³-hybridized carbons (Fsp3) is 0.286. The SMILES string of the molecule is C=CC(=O)OCCCCCOc1ccc(N=Nc2ccc(OC(F)(F)F)cc2)cc1. The molecule has 30 heavy (non-hydrogen) atoms. The van der Waals surface area contributed by atoms with Gasteiger partial charge in [0.2, 0.25) is 0 Å². The van der Waals surface area contributed by atoms with E-state index in [0.29, 0.717) is 30.3 Å². The molecule has 160 valence electrons. The molecule has 0 bridgehead atoms. The van der Waals surface area contributed by atoms with Gasteiger partial charge >= 0.3 is 12.3 Å². The van der Waals surface area contributed by atoms with Gasteiger partial charge in [-0.3, -0.25) is 0 Å². The van der Waals surface area contributed by atoms with Crippen LogP contribution in [0.2, 0.25) is 0 Å². The third-order valence-corrected chi connectivity index (χ3v) is 3.66. The Morgan fingerprint density at radius 2 is 1.40 bits per heavy atom. The average Bonchev–Trinajstić information content (AvgIpc) is 2.72. The highest BCUT2D eigenvalue weighted by Crippen LogP contribution is 2.26. The first kappa shape index (κ1) is 22.9. The molecule has 0 N–H and O–H groups in total. The van der Waals surface area contributed by atoms with Crippen LogP contribution in [0.4, 0.5) is 24.5 Å². The van der Waals surface area contributed by atoms with Crippen LogP contribution in [0.25, 0.3) is 0 Å². The molecular formula is C21H21F3N2O4. The Labute approximate surface area is 172 Å². The van der Waals surface area contributed by atoms with E-state index < -0.39 is 12.3 Å². The first-order valence-electron chi connectivity index (χ1n) is 9.15. The van der Waals surface area contributed by atoms with E-state index in [2.05, 4.69) is 21.5 Å². The van der Waals surface area contributed by atoms with E-state index in [0.717, 1.165) is 25.3 Å². The molecule has 0 heterocycles. The van der Waals surface area contributed by atoms with Crippen molar-refractivity contribution in [2.75, 3.05) is 13.2 Å². The van der Waals surface area contributed by atoms with Crippen LogP contribution in [0.1, 0.15) is 19.3 Å². The van der Waals surface area contributed by atoms with Crippen molar-refractivity contribution < 1.29 is 32.2 Å². The van der Waals surface area contributed by atoms with Gasteiger partial charge in [-0.1, -0.05) is 6.58 Å². The zero-order valence-corrected chi connectivity index (χ0v) is 16.1. The molecule has 0 aliphatic rings. The predicted octanol–water partition coefficient (Wildman–Crippen LogP) is 6.28. The summed E-state index contributed by atoms with van der Waals surface area (Å²) in [5.41, 5.74) is 0.964. The maximum atomic E-state index is 12.1. The standard InChI is InChI=1S/C21H21F3N2O4/c1-2-20(27)29-15-5-3-4-14-28-18-10-6-16(7-11-18)25-26-17-8-12-19(13-9-17)30-21(22,23)24/h2,6-13H,1,3-5,14-15H2. The van der Waals surface area contributed by atoms with Crippen molar-refractivity contribution in [1.82, 2.24) is 0 Å². The Morgan fingerprint density at radius 3 is 1.93 bits per heavy atom. The number of halogens is 3. The maximum Gasteiger partial charge on any atom is 0.573 e. The van der Waals surface area contributed by atoms with Crippen molar-refractivity contribution >= 4 is 17.3 Å². The van der Waals surface area contributed by atoms with Gasteiger partial charge in [0.25, 0.3) is 0 Å². The minimum absolute atomic E-state index is 0.319. The summed E-state index contributed by atoms with van der Waals surface area (Å²) in [6.45, 7) is 4.22. The van der Waals surface area contributed by atoms with Crippen LogP contribution in [-0.2, 0) is 9.53 Å². The average molecular weight is 422 g/mol. The molecule has 0 atom stereocenters. The molecule has 0 fully saturated rings. The molecule has 0 saturated carbocycles. The molecule has 0 amide bonds. The number of rotatable bonds is 11. The number of benzene rings is 2. The number of unbranched alkanes of at least 4 members (excludes halogenated alkanes) is 2. The lowest BCUT2D eigenvalue weighted by molar-refractivity contribution is -0.274. The Kier molecular flexibility index (Phi) is 8.86. The van der Waals surface area contributed by atoms with Gasteiger partial charge in [-0.2, -0.15) is 10.2 Å². The number of carbonyl (C=O) groups is 1. The lowest BCUT2D eigenvalue weighted by Gasteiger charge is -2.08. The molecule has 0 unspecified atom stereocenters. The second-order valence-corrected chi connectivity index (χ2v) is 6.02. The van der Waals surface area contributed by atoms with E-state index in [1.165, 1.54) is 24.3 Å². The molecule has 6 nitrogen and oxygen atoms in total. The van der Waals surface area contributed by atoms with Gasteiger partial charge in [-0.15, -0.1) is 13.2 Å². The van der Waals surface area contributed by atoms with Crippen LogP contribution in [0, 0.1) is 0 Å². The van der Waals surface area contributed by atoms with Crippen LogP contribution < -0.4 is 9.47 Å². The summed E-state index contributed by atoms with van der Waals surface area (Å²) in [6.07, 6.45) is -1.15. The van der Waals surface area contributed by atoms with Crippen molar-refractivity contribution in [1.29, 1.82) is 0 Å². The predicted molar refractivity (Wildman–Crippen MR) is 104 cm³/mol. The van der Waals surface area contributed by atoms with E-state index in [-0.39, 0.29) is 5.75 Å². The molecule has 0 aliphatic carbocycles. The number of alkyl halides is 3. The molecular weight excluding hydrogens is 401 g/mol. The van der Waals surface area contributed by atoms with Gasteiger partial charge in [-0.25, -0.2) is 4.79 Å². The Bertz CT molecular complexity index is 835. The Balaban J connectivity index is 1.71. The van der Waals surface area contributed by atoms with Gasteiger partial charge in [0.15, 0.2) is 0 Å². The van der Waals surface area contributed by atoms with E-state index in [1.54, 1.807) is 24.3 Å². The highest BCUT2D eigenvalue weighted by molar-refractivity contribution is 5.81. The van der Waals surface area contributed by atoms with Crippen LogP contribution in [0.5, 0.6) is 11.5 Å². The van der Waals surface area contributed by atoms with Gasteiger partial charge in [0, 0.05) is 6.08 Å². The lowest BCUT2D eigenvalue weighted by atomic mass is 10.2. The summed E-state index contributed by atoms with van der Waals surface area (Å²) < 4.78 is 50.7. The fourth-order valence-electron chi connectivity index (χ4n) is 2.24. The third kappa shape index (κ3) is 9.22. The highest BCUT2D eigenvalue weighted by Gasteiger charge is 2.30. The lowest BCUT2D eigenvalue weighted by Crippen LogP contribution is -2.16. The first-order chi connectivity index (χ1) is 14.4. The zero-order valence-electron chi connectivity index (χ0n) is 16.1. The van der Waals surface area contributed by atoms with Crippen molar-refractivity contribution in [3.63, 3.8) is 0 Å². The minimum Gasteiger partial charge on any atom is -0.494 e. The molecule has 0 spiro atoms. The van der Waals surface area contributed by atoms with Crippen molar-refractivity contribution in [2.24, 2.45) is 10.2 Å². The zero-order chi connectivity index (χ0) is 21.8. The maximum absolute atomic E-state index is 12.1. The van der Waals surface area contributed by atoms with Gasteiger partial charge in [-0.05, 0) is 67.8 Å². The summed E-state index contributed by atoms with van der Waals surface area (Å²) >= 11 is 0. The summed E-state index contributed by atoms with van der Waals surface area (Å²) in [5, 5.41) is 8.00. The Morgan fingerprint density at radius 1 is 0.867 bits per heavy atom. The number of azo groups is 1. The van der Waals surface area contributed by atoms with Gasteiger partial charge in [0.05, 0.1) is 24.6 Å². The van der Waals surface area contributed by atoms with Crippen LogP contribution in [-0.4, -0.2) is 25.5 Å². The monoisotopic (exact) mass is 422 g/mol. The normalized spacial score (nSPS) is 11.3. The molecule has 0 aromatic heterocycles. The number of hydrogen-bond donors (Lipinski definition) is 0. The van der Waals surface area contributed by atoms with Gasteiger partial charge in [0.1, 0.15) is 11.5 Å². The molecule has 9 heteroatoms. The molecule has 0 saturated heterocycles. The number of nitrogens with zero attached hydrogens (tertiary/aromatic N) is 2. The number of esters is 1. The largest absolute Gasteiger partial charge is 0.573 e. The second-order valence-electron chi connectivity index (χ2n) is 6.02. The fourth-order valence-corrected chi connectivity index (χ4v) is 2.24. The Hall–Kier alpha value is -3.36. The third-order valence-electron chi connectivity index (χ3n) is 3.66. The minimum atomic E-state index is -4.73. The number of carbonyl (C=O) groups excluding carboxylic acids is 1.